The van der Waals surface area contributed by atoms with Gasteiger partial charge < -0.3 is 9.73 Å². The van der Waals surface area contributed by atoms with E-state index >= 15 is 0 Å². The number of hydrogen-bond acceptors (Lipinski definition) is 5. The Kier molecular flexibility index (Phi) is 4.24. The Morgan fingerprint density at radius 2 is 2.21 bits per heavy atom. The monoisotopic (exact) mass is 323 g/mol. The summed E-state index contributed by atoms with van der Waals surface area (Å²) in [5.41, 5.74) is 1.78. The number of nitrogens with zero attached hydrogens (tertiary/aromatic N) is 4. The van der Waals surface area contributed by atoms with E-state index in [0.717, 1.165) is 5.76 Å². The Bertz CT molecular complexity index is 894. The zero-order chi connectivity index (χ0) is 17.1. The van der Waals surface area contributed by atoms with Crippen LogP contribution in [0.4, 0.5) is 0 Å². The topological polar surface area (TPSA) is 85.8 Å². The molecular formula is C17H17N5O2. The second-order valence-corrected chi connectivity index (χ2v) is 5.21. The molecule has 0 bridgehead atoms. The van der Waals surface area contributed by atoms with Gasteiger partial charge in [-0.2, -0.15) is 5.10 Å². The maximum Gasteiger partial charge on any atom is 0.255 e. The van der Waals surface area contributed by atoms with Crippen molar-refractivity contribution in [1.29, 1.82) is 0 Å². The molecule has 0 aliphatic carbocycles. The first-order chi connectivity index (χ1) is 11.6. The zero-order valence-corrected chi connectivity index (χ0v) is 13.5. The average Bonchev–Trinajstić information content (AvgIpc) is 3.19. The van der Waals surface area contributed by atoms with Crippen LogP contribution in [-0.4, -0.2) is 32.2 Å². The van der Waals surface area contributed by atoms with Crippen molar-refractivity contribution in [2.45, 2.75) is 13.8 Å². The van der Waals surface area contributed by atoms with Gasteiger partial charge in [-0.1, -0.05) is 6.08 Å². The minimum absolute atomic E-state index is 0.212. The van der Waals surface area contributed by atoms with Crippen LogP contribution in [0.3, 0.4) is 0 Å². The number of furan rings is 1. The summed E-state index contributed by atoms with van der Waals surface area (Å²) in [5.74, 6) is 1.63. The normalized spacial score (nSPS) is 10.6. The van der Waals surface area contributed by atoms with E-state index in [-0.39, 0.29) is 5.91 Å². The van der Waals surface area contributed by atoms with Crippen LogP contribution in [0.5, 0.6) is 0 Å². The van der Waals surface area contributed by atoms with Crippen molar-refractivity contribution in [1.82, 2.24) is 25.1 Å². The standard InChI is InChI=1S/C17H17N5O2/c1-4-8-18-16(23)13-10-20-22(12(13)3)17-19-9-7-14(21-17)15-6-5-11(2)24-15/h4-7,9-10H,1,8H2,2-3H3,(H,18,23). The maximum atomic E-state index is 12.1. The minimum Gasteiger partial charge on any atom is -0.460 e. The molecule has 0 saturated heterocycles. The zero-order valence-electron chi connectivity index (χ0n) is 13.5. The summed E-state index contributed by atoms with van der Waals surface area (Å²) in [6, 6.07) is 5.49. The fourth-order valence-corrected chi connectivity index (χ4v) is 2.25. The number of carbonyl (C=O) groups excluding carboxylic acids is 1. The Balaban J connectivity index is 1.94. The van der Waals surface area contributed by atoms with Gasteiger partial charge in [0.15, 0.2) is 5.76 Å². The third-order valence-corrected chi connectivity index (χ3v) is 3.49. The number of aryl methyl sites for hydroxylation is 1. The van der Waals surface area contributed by atoms with Crippen molar-refractivity contribution in [3.63, 3.8) is 0 Å². The van der Waals surface area contributed by atoms with E-state index < -0.39 is 0 Å². The first-order valence-corrected chi connectivity index (χ1v) is 7.44. The Morgan fingerprint density at radius 3 is 2.92 bits per heavy atom. The van der Waals surface area contributed by atoms with Crippen LogP contribution >= 0.6 is 0 Å². The third kappa shape index (κ3) is 2.96. The van der Waals surface area contributed by atoms with Gasteiger partial charge in [0.25, 0.3) is 11.9 Å². The number of hydrogen-bond donors (Lipinski definition) is 1. The Morgan fingerprint density at radius 1 is 1.38 bits per heavy atom. The van der Waals surface area contributed by atoms with E-state index in [1.54, 1.807) is 25.3 Å². The molecule has 3 rings (SSSR count). The van der Waals surface area contributed by atoms with Crippen molar-refractivity contribution >= 4 is 5.91 Å². The van der Waals surface area contributed by atoms with E-state index in [4.69, 9.17) is 4.42 Å². The highest BCUT2D eigenvalue weighted by Crippen LogP contribution is 2.20. The summed E-state index contributed by atoms with van der Waals surface area (Å²) in [6.07, 6.45) is 4.75. The molecule has 122 valence electrons. The highest BCUT2D eigenvalue weighted by Gasteiger charge is 2.16. The molecule has 3 aromatic heterocycles. The summed E-state index contributed by atoms with van der Waals surface area (Å²) >= 11 is 0. The largest absolute Gasteiger partial charge is 0.460 e. The van der Waals surface area contributed by atoms with E-state index in [1.807, 2.05) is 19.1 Å². The van der Waals surface area contributed by atoms with E-state index in [1.165, 1.54) is 10.9 Å². The molecule has 7 heteroatoms. The van der Waals surface area contributed by atoms with Gasteiger partial charge in [-0.3, -0.25) is 4.79 Å². The first kappa shape index (κ1) is 15.7. The molecule has 0 aliphatic rings. The second-order valence-electron chi connectivity index (χ2n) is 5.21. The number of carbonyl (C=O) groups is 1. The van der Waals surface area contributed by atoms with Gasteiger partial charge in [-0.15, -0.1) is 6.58 Å². The quantitative estimate of drug-likeness (QED) is 0.729. The van der Waals surface area contributed by atoms with Crippen molar-refractivity contribution in [2.75, 3.05) is 6.54 Å². The lowest BCUT2D eigenvalue weighted by Crippen LogP contribution is -2.23. The molecule has 3 heterocycles. The van der Waals surface area contributed by atoms with Gasteiger partial charge in [0.2, 0.25) is 0 Å². The molecule has 0 radical (unpaired) electrons. The predicted octanol–water partition coefficient (Wildman–Crippen LogP) is 2.45. The van der Waals surface area contributed by atoms with E-state index in [0.29, 0.717) is 35.2 Å². The van der Waals surface area contributed by atoms with Gasteiger partial charge in [-0.25, -0.2) is 14.6 Å². The molecular weight excluding hydrogens is 306 g/mol. The fourth-order valence-electron chi connectivity index (χ4n) is 2.25. The van der Waals surface area contributed by atoms with Crippen molar-refractivity contribution in [3.05, 3.63) is 60.3 Å². The van der Waals surface area contributed by atoms with Crippen LogP contribution in [0.2, 0.25) is 0 Å². The minimum atomic E-state index is -0.212. The molecule has 0 unspecified atom stereocenters. The molecule has 24 heavy (non-hydrogen) atoms. The predicted molar refractivity (Wildman–Crippen MR) is 88.9 cm³/mol. The fraction of sp³-hybridized carbons (Fsp3) is 0.176. The Labute approximate surface area is 139 Å². The molecule has 0 fully saturated rings. The van der Waals surface area contributed by atoms with Gasteiger partial charge in [0, 0.05) is 12.7 Å². The maximum absolute atomic E-state index is 12.1. The summed E-state index contributed by atoms with van der Waals surface area (Å²) in [7, 11) is 0. The number of amides is 1. The van der Waals surface area contributed by atoms with Crippen molar-refractivity contribution in [3.8, 4) is 17.4 Å². The molecule has 1 amide bonds. The van der Waals surface area contributed by atoms with Gasteiger partial charge in [0.05, 0.1) is 17.5 Å². The molecule has 7 nitrogen and oxygen atoms in total. The van der Waals surface area contributed by atoms with Gasteiger partial charge in [0.1, 0.15) is 11.5 Å². The number of aromatic nitrogens is 4. The van der Waals surface area contributed by atoms with Crippen LogP contribution in [0.15, 0.2) is 47.7 Å². The van der Waals surface area contributed by atoms with Crippen LogP contribution in [0.25, 0.3) is 17.4 Å². The molecule has 0 atom stereocenters. The summed E-state index contributed by atoms with van der Waals surface area (Å²) < 4.78 is 7.11. The third-order valence-electron chi connectivity index (χ3n) is 3.49. The average molecular weight is 323 g/mol. The van der Waals surface area contributed by atoms with E-state index in [9.17, 15) is 4.79 Å². The van der Waals surface area contributed by atoms with Crippen LogP contribution < -0.4 is 5.32 Å². The molecule has 0 aromatic carbocycles. The van der Waals surface area contributed by atoms with Crippen LogP contribution in [0.1, 0.15) is 21.8 Å². The SMILES string of the molecule is C=CCNC(=O)c1cnn(-c2nccc(-c3ccc(C)o3)n2)c1C. The smallest absolute Gasteiger partial charge is 0.255 e. The van der Waals surface area contributed by atoms with Crippen molar-refractivity contribution < 1.29 is 9.21 Å². The lowest BCUT2D eigenvalue weighted by Gasteiger charge is -2.05. The lowest BCUT2D eigenvalue weighted by atomic mass is 10.2. The van der Waals surface area contributed by atoms with E-state index in [2.05, 4.69) is 27.0 Å². The Hall–Kier alpha value is -3.22. The van der Waals surface area contributed by atoms with Gasteiger partial charge >= 0.3 is 0 Å². The van der Waals surface area contributed by atoms with Crippen LogP contribution in [0, 0.1) is 13.8 Å². The summed E-state index contributed by atoms with van der Waals surface area (Å²) in [5, 5.41) is 6.96. The summed E-state index contributed by atoms with van der Waals surface area (Å²) in [6.45, 7) is 7.64. The summed E-state index contributed by atoms with van der Waals surface area (Å²) in [4.78, 5) is 20.8. The second kappa shape index (κ2) is 6.49. The highest BCUT2D eigenvalue weighted by atomic mass is 16.3. The first-order valence-electron chi connectivity index (χ1n) is 7.44. The molecule has 0 aliphatic heterocycles. The molecule has 0 spiro atoms. The van der Waals surface area contributed by atoms with Gasteiger partial charge in [-0.05, 0) is 32.0 Å². The number of nitrogens with one attached hydrogen (secondary N) is 1. The lowest BCUT2D eigenvalue weighted by molar-refractivity contribution is 0.0957. The van der Waals surface area contributed by atoms with Crippen molar-refractivity contribution in [2.24, 2.45) is 0 Å². The van der Waals surface area contributed by atoms with Crippen LogP contribution in [-0.2, 0) is 0 Å². The highest BCUT2D eigenvalue weighted by molar-refractivity contribution is 5.95. The molecule has 0 saturated carbocycles. The molecule has 3 aromatic rings. The number of rotatable bonds is 5. The molecule has 1 N–H and O–H groups in total.